The van der Waals surface area contributed by atoms with Crippen LogP contribution in [0, 0.1) is 0 Å². The molecule has 4 N–H and O–H groups in total. The molecule has 5 heteroatoms. The molecule has 1 heterocycles. The number of unbranched alkanes of at least 4 members (excludes halogenated alkanes) is 2. The van der Waals surface area contributed by atoms with Gasteiger partial charge >= 0.3 is 0 Å². The minimum Gasteiger partial charge on any atom is -0.394 e. The van der Waals surface area contributed by atoms with Gasteiger partial charge in [0.2, 0.25) is 0 Å². The molecule has 1 atom stereocenters. The van der Waals surface area contributed by atoms with Crippen molar-refractivity contribution in [3.63, 3.8) is 0 Å². The standard InChI is InChI=1S/C13H29N3O2/c14-5-2-1-3-6-15-7-4-8-16(10-9-15)11-13(18)12-17/h13,17-18H,1-12,14H2. The Morgan fingerprint density at radius 1 is 1.00 bits per heavy atom. The summed E-state index contributed by atoms with van der Waals surface area (Å²) in [6.45, 7) is 6.65. The minimum absolute atomic E-state index is 0.140. The topological polar surface area (TPSA) is 73.0 Å². The third kappa shape index (κ3) is 6.66. The average molecular weight is 259 g/mol. The first kappa shape index (κ1) is 15.9. The molecule has 0 aromatic carbocycles. The van der Waals surface area contributed by atoms with Crippen molar-refractivity contribution in [1.29, 1.82) is 0 Å². The van der Waals surface area contributed by atoms with Gasteiger partial charge in [0.15, 0.2) is 0 Å². The van der Waals surface area contributed by atoms with Crippen molar-refractivity contribution in [2.75, 3.05) is 52.4 Å². The van der Waals surface area contributed by atoms with Crippen LogP contribution in [0.2, 0.25) is 0 Å². The van der Waals surface area contributed by atoms with Gasteiger partial charge in [0, 0.05) is 19.6 Å². The van der Waals surface area contributed by atoms with Gasteiger partial charge in [0.1, 0.15) is 0 Å². The van der Waals surface area contributed by atoms with Crippen LogP contribution in [0.15, 0.2) is 0 Å². The summed E-state index contributed by atoms with van der Waals surface area (Å²) >= 11 is 0. The van der Waals surface area contributed by atoms with E-state index in [2.05, 4.69) is 9.80 Å². The van der Waals surface area contributed by atoms with E-state index in [1.54, 1.807) is 0 Å². The predicted molar refractivity (Wildman–Crippen MR) is 73.5 cm³/mol. The lowest BCUT2D eigenvalue weighted by atomic mass is 10.2. The number of aliphatic hydroxyl groups excluding tert-OH is 2. The van der Waals surface area contributed by atoms with E-state index in [0.717, 1.165) is 52.1 Å². The Bertz CT molecular complexity index is 205. The van der Waals surface area contributed by atoms with E-state index in [1.165, 1.54) is 12.8 Å². The Morgan fingerprint density at radius 2 is 1.72 bits per heavy atom. The van der Waals surface area contributed by atoms with E-state index in [9.17, 15) is 5.11 Å². The molecule has 0 saturated carbocycles. The Labute approximate surface area is 111 Å². The number of nitrogens with zero attached hydrogens (tertiary/aromatic N) is 2. The first-order valence-electron chi connectivity index (χ1n) is 7.20. The highest BCUT2D eigenvalue weighted by molar-refractivity contribution is 4.72. The highest BCUT2D eigenvalue weighted by Crippen LogP contribution is 2.06. The highest BCUT2D eigenvalue weighted by atomic mass is 16.3. The van der Waals surface area contributed by atoms with Gasteiger partial charge in [0.05, 0.1) is 12.7 Å². The van der Waals surface area contributed by atoms with Crippen LogP contribution in [0.3, 0.4) is 0 Å². The van der Waals surface area contributed by atoms with Crippen molar-refractivity contribution in [2.24, 2.45) is 5.73 Å². The molecule has 1 aliphatic rings. The van der Waals surface area contributed by atoms with Gasteiger partial charge in [0.25, 0.3) is 0 Å². The number of hydrogen-bond donors (Lipinski definition) is 3. The summed E-state index contributed by atoms with van der Waals surface area (Å²) in [5, 5.41) is 18.3. The van der Waals surface area contributed by atoms with Crippen molar-refractivity contribution in [3.05, 3.63) is 0 Å². The summed E-state index contributed by atoms with van der Waals surface area (Å²) in [5.74, 6) is 0. The van der Waals surface area contributed by atoms with Crippen LogP contribution < -0.4 is 5.73 Å². The fourth-order valence-corrected chi connectivity index (χ4v) is 2.44. The Hall–Kier alpha value is -0.200. The molecule has 0 amide bonds. The lowest BCUT2D eigenvalue weighted by Crippen LogP contribution is -2.37. The van der Waals surface area contributed by atoms with Crippen molar-refractivity contribution < 1.29 is 10.2 Å². The van der Waals surface area contributed by atoms with E-state index in [4.69, 9.17) is 10.8 Å². The molecular weight excluding hydrogens is 230 g/mol. The van der Waals surface area contributed by atoms with E-state index in [1.807, 2.05) is 0 Å². The lowest BCUT2D eigenvalue weighted by Gasteiger charge is -2.23. The minimum atomic E-state index is -0.596. The molecule has 0 aliphatic carbocycles. The van der Waals surface area contributed by atoms with Crippen molar-refractivity contribution in [2.45, 2.75) is 31.8 Å². The average Bonchev–Trinajstić information content (AvgIpc) is 2.60. The van der Waals surface area contributed by atoms with Gasteiger partial charge in [-0.15, -0.1) is 0 Å². The summed E-state index contributed by atoms with van der Waals surface area (Å²) in [4.78, 5) is 4.75. The molecule has 0 spiro atoms. The molecule has 108 valence electrons. The van der Waals surface area contributed by atoms with Gasteiger partial charge in [-0.3, -0.25) is 4.90 Å². The van der Waals surface area contributed by atoms with E-state index in [0.29, 0.717) is 6.54 Å². The first-order valence-corrected chi connectivity index (χ1v) is 7.20. The predicted octanol–water partition coefficient (Wildman–Crippen LogP) is -0.524. The molecule has 0 aromatic heterocycles. The molecule has 0 aromatic rings. The van der Waals surface area contributed by atoms with Gasteiger partial charge in [-0.05, 0) is 45.4 Å². The number of rotatable bonds is 8. The second-order valence-corrected chi connectivity index (χ2v) is 5.18. The summed E-state index contributed by atoms with van der Waals surface area (Å²) in [7, 11) is 0. The molecule has 1 aliphatic heterocycles. The quantitative estimate of drug-likeness (QED) is 0.511. The smallest absolute Gasteiger partial charge is 0.0897 e. The normalized spacial score (nSPS) is 20.8. The van der Waals surface area contributed by atoms with E-state index in [-0.39, 0.29) is 6.61 Å². The maximum atomic E-state index is 9.45. The zero-order valence-electron chi connectivity index (χ0n) is 11.4. The molecule has 0 radical (unpaired) electrons. The number of hydrogen-bond acceptors (Lipinski definition) is 5. The van der Waals surface area contributed by atoms with Crippen LogP contribution in [-0.2, 0) is 0 Å². The van der Waals surface area contributed by atoms with Gasteiger partial charge < -0.3 is 20.8 Å². The zero-order valence-corrected chi connectivity index (χ0v) is 11.4. The van der Waals surface area contributed by atoms with E-state index < -0.39 is 6.10 Å². The van der Waals surface area contributed by atoms with E-state index >= 15 is 0 Å². The van der Waals surface area contributed by atoms with Crippen LogP contribution in [-0.4, -0.2) is 78.5 Å². The van der Waals surface area contributed by atoms with Crippen LogP contribution in [0.25, 0.3) is 0 Å². The molecule has 5 nitrogen and oxygen atoms in total. The number of β-amino-alcohol motifs (C(OH)–C–C–N with tert-alkyl or cyclic N) is 1. The van der Waals surface area contributed by atoms with Gasteiger partial charge in [-0.1, -0.05) is 6.42 Å². The fourth-order valence-electron chi connectivity index (χ4n) is 2.44. The largest absolute Gasteiger partial charge is 0.394 e. The second kappa shape index (κ2) is 9.69. The first-order chi connectivity index (χ1) is 8.76. The number of aliphatic hydroxyl groups is 2. The summed E-state index contributed by atoms with van der Waals surface area (Å²) in [6.07, 6.45) is 4.13. The molecule has 1 unspecified atom stereocenters. The number of nitrogens with two attached hydrogens (primary N) is 1. The Morgan fingerprint density at radius 3 is 2.44 bits per heavy atom. The summed E-state index contributed by atoms with van der Waals surface area (Å²) in [5.41, 5.74) is 5.49. The van der Waals surface area contributed by atoms with Crippen LogP contribution in [0.1, 0.15) is 25.7 Å². The van der Waals surface area contributed by atoms with Crippen molar-refractivity contribution >= 4 is 0 Å². The molecule has 18 heavy (non-hydrogen) atoms. The second-order valence-electron chi connectivity index (χ2n) is 5.18. The maximum absolute atomic E-state index is 9.45. The van der Waals surface area contributed by atoms with Gasteiger partial charge in [-0.25, -0.2) is 0 Å². The molecular formula is C13H29N3O2. The van der Waals surface area contributed by atoms with Crippen molar-refractivity contribution in [3.8, 4) is 0 Å². The third-order valence-corrected chi connectivity index (χ3v) is 3.54. The maximum Gasteiger partial charge on any atom is 0.0897 e. The van der Waals surface area contributed by atoms with Crippen molar-refractivity contribution in [1.82, 2.24) is 9.80 Å². The van der Waals surface area contributed by atoms with Crippen LogP contribution in [0.5, 0.6) is 0 Å². The van der Waals surface area contributed by atoms with Gasteiger partial charge in [-0.2, -0.15) is 0 Å². The molecule has 1 rings (SSSR count). The fraction of sp³-hybridized carbons (Fsp3) is 1.00. The molecule has 1 saturated heterocycles. The molecule has 0 bridgehead atoms. The Kier molecular flexibility index (Phi) is 8.54. The summed E-state index contributed by atoms with van der Waals surface area (Å²) in [6, 6.07) is 0. The molecule has 1 fully saturated rings. The van der Waals surface area contributed by atoms with Crippen LogP contribution >= 0.6 is 0 Å². The zero-order chi connectivity index (χ0) is 13.2. The highest BCUT2D eigenvalue weighted by Gasteiger charge is 2.16. The van der Waals surface area contributed by atoms with Crippen LogP contribution in [0.4, 0.5) is 0 Å². The monoisotopic (exact) mass is 259 g/mol. The SMILES string of the molecule is NCCCCCN1CCCN(CC(O)CO)CC1. The Balaban J connectivity index is 2.15. The third-order valence-electron chi connectivity index (χ3n) is 3.54. The summed E-state index contributed by atoms with van der Waals surface area (Å²) < 4.78 is 0. The lowest BCUT2D eigenvalue weighted by molar-refractivity contribution is 0.0602.